The highest BCUT2D eigenvalue weighted by atomic mass is 32.2. The molecule has 7 nitrogen and oxygen atoms in total. The van der Waals surface area contributed by atoms with Gasteiger partial charge in [0.1, 0.15) is 23.0 Å². The van der Waals surface area contributed by atoms with Crippen molar-refractivity contribution in [1.29, 1.82) is 0 Å². The lowest BCUT2D eigenvalue weighted by Gasteiger charge is -2.08. The van der Waals surface area contributed by atoms with E-state index in [1.807, 2.05) is 0 Å². The van der Waals surface area contributed by atoms with Crippen molar-refractivity contribution in [1.82, 2.24) is 14.5 Å². The summed E-state index contributed by atoms with van der Waals surface area (Å²) in [4.78, 5) is 0.131. The Bertz CT molecular complexity index is 697. The molecule has 0 aliphatic carbocycles. The molecule has 1 N–H and O–H groups in total. The Labute approximate surface area is 123 Å². The molecule has 0 spiro atoms. The van der Waals surface area contributed by atoms with E-state index in [1.165, 1.54) is 17.1 Å². The van der Waals surface area contributed by atoms with Crippen LogP contribution >= 0.6 is 0 Å². The summed E-state index contributed by atoms with van der Waals surface area (Å²) < 4.78 is 38.2. The number of benzene rings is 1. The molecule has 1 aromatic carbocycles. The highest BCUT2D eigenvalue weighted by molar-refractivity contribution is 7.89. The van der Waals surface area contributed by atoms with E-state index >= 15 is 0 Å². The van der Waals surface area contributed by atoms with Crippen molar-refractivity contribution in [3.63, 3.8) is 0 Å². The zero-order chi connectivity index (χ0) is 15.3. The second-order valence-corrected chi connectivity index (χ2v) is 6.04. The Hall–Kier alpha value is -2.06. The summed E-state index contributed by atoms with van der Waals surface area (Å²) >= 11 is 0. The van der Waals surface area contributed by atoms with Gasteiger partial charge in [-0.25, -0.2) is 13.1 Å². The van der Waals surface area contributed by atoms with Crippen LogP contribution in [0.5, 0.6) is 11.5 Å². The molecule has 0 amide bonds. The van der Waals surface area contributed by atoms with E-state index in [4.69, 9.17) is 9.47 Å². The van der Waals surface area contributed by atoms with Crippen molar-refractivity contribution in [2.45, 2.75) is 4.90 Å². The van der Waals surface area contributed by atoms with Gasteiger partial charge in [-0.1, -0.05) is 6.07 Å². The van der Waals surface area contributed by atoms with Crippen LogP contribution in [0.2, 0.25) is 0 Å². The summed E-state index contributed by atoms with van der Waals surface area (Å²) in [6.07, 6.45) is 2.73. The molecular formula is C13H17N3O4S. The van der Waals surface area contributed by atoms with Crippen LogP contribution in [0.3, 0.4) is 0 Å². The molecular weight excluding hydrogens is 294 g/mol. The summed E-state index contributed by atoms with van der Waals surface area (Å²) in [5, 5.41) is 3.83. The summed E-state index contributed by atoms with van der Waals surface area (Å²) in [5.41, 5.74) is 0. The highest BCUT2D eigenvalue weighted by Crippen LogP contribution is 2.18. The van der Waals surface area contributed by atoms with Gasteiger partial charge in [-0.3, -0.25) is 4.68 Å². The van der Waals surface area contributed by atoms with E-state index in [2.05, 4.69) is 9.82 Å². The second-order valence-electron chi connectivity index (χ2n) is 4.27. The quantitative estimate of drug-likeness (QED) is 0.764. The van der Waals surface area contributed by atoms with Gasteiger partial charge >= 0.3 is 0 Å². The van der Waals surface area contributed by atoms with Crippen LogP contribution < -0.4 is 14.2 Å². The first kappa shape index (κ1) is 15.3. The fourth-order valence-corrected chi connectivity index (χ4v) is 2.65. The van der Waals surface area contributed by atoms with E-state index in [0.717, 1.165) is 0 Å². The topological polar surface area (TPSA) is 82.4 Å². The van der Waals surface area contributed by atoms with E-state index in [1.54, 1.807) is 38.4 Å². The van der Waals surface area contributed by atoms with Crippen molar-refractivity contribution in [3.05, 3.63) is 36.7 Å². The lowest BCUT2D eigenvalue weighted by atomic mass is 10.3. The van der Waals surface area contributed by atoms with E-state index in [-0.39, 0.29) is 18.0 Å². The third kappa shape index (κ3) is 4.20. The molecule has 0 saturated heterocycles. The molecule has 2 aromatic rings. The van der Waals surface area contributed by atoms with Gasteiger partial charge in [-0.05, 0) is 12.1 Å². The number of nitrogens with zero attached hydrogens (tertiary/aromatic N) is 2. The van der Waals surface area contributed by atoms with Crippen LogP contribution in [-0.4, -0.2) is 38.5 Å². The van der Waals surface area contributed by atoms with Gasteiger partial charge in [-0.15, -0.1) is 0 Å². The maximum absolute atomic E-state index is 11.9. The third-order valence-electron chi connectivity index (χ3n) is 2.70. The van der Waals surface area contributed by atoms with Crippen molar-refractivity contribution >= 4 is 10.0 Å². The van der Waals surface area contributed by atoms with Crippen LogP contribution in [0.25, 0.3) is 0 Å². The van der Waals surface area contributed by atoms with E-state index < -0.39 is 10.0 Å². The Kier molecular flexibility index (Phi) is 4.81. The predicted molar refractivity (Wildman–Crippen MR) is 76.9 cm³/mol. The smallest absolute Gasteiger partial charge is 0.243 e. The number of methoxy groups -OCH3 is 1. The minimum Gasteiger partial charge on any atom is -0.497 e. The first-order chi connectivity index (χ1) is 10.0. The Morgan fingerprint density at radius 2 is 2.10 bits per heavy atom. The largest absolute Gasteiger partial charge is 0.497 e. The molecule has 114 valence electrons. The normalized spacial score (nSPS) is 11.3. The summed E-state index contributed by atoms with van der Waals surface area (Å²) in [7, 11) is -0.316. The molecule has 1 heterocycles. The van der Waals surface area contributed by atoms with Crippen molar-refractivity contribution in [2.75, 3.05) is 20.3 Å². The number of nitrogens with one attached hydrogen (secondary N) is 1. The lowest BCUT2D eigenvalue weighted by Crippen LogP contribution is -2.28. The standard InChI is InChI=1S/C13H17N3O4S/c1-16-10-13(9-14-16)21(17,18)15-6-7-20-12-5-3-4-11(8-12)19-2/h3-5,8-10,15H,6-7H2,1-2H3. The van der Waals surface area contributed by atoms with Crippen LogP contribution in [0.4, 0.5) is 0 Å². The summed E-state index contributed by atoms with van der Waals surface area (Å²) in [6.45, 7) is 0.376. The average molecular weight is 311 g/mol. The second kappa shape index (κ2) is 6.59. The molecule has 1 aromatic heterocycles. The first-order valence-electron chi connectivity index (χ1n) is 6.26. The number of aryl methyl sites for hydroxylation is 1. The molecule has 0 bridgehead atoms. The zero-order valence-corrected chi connectivity index (χ0v) is 12.6. The maximum atomic E-state index is 11.9. The van der Waals surface area contributed by atoms with Crippen molar-refractivity contribution < 1.29 is 17.9 Å². The zero-order valence-electron chi connectivity index (χ0n) is 11.8. The molecule has 0 saturated carbocycles. The van der Waals surface area contributed by atoms with E-state index in [0.29, 0.717) is 11.5 Å². The van der Waals surface area contributed by atoms with Crippen molar-refractivity contribution in [2.24, 2.45) is 7.05 Å². The Morgan fingerprint density at radius 3 is 2.76 bits per heavy atom. The Morgan fingerprint density at radius 1 is 1.33 bits per heavy atom. The fourth-order valence-electron chi connectivity index (χ4n) is 1.66. The molecule has 0 aliphatic rings. The lowest BCUT2D eigenvalue weighted by molar-refractivity contribution is 0.320. The number of sulfonamides is 1. The number of hydrogen-bond donors (Lipinski definition) is 1. The first-order valence-corrected chi connectivity index (χ1v) is 7.75. The van der Waals surface area contributed by atoms with E-state index in [9.17, 15) is 8.42 Å². The number of rotatable bonds is 7. The molecule has 0 radical (unpaired) electrons. The van der Waals surface area contributed by atoms with Gasteiger partial charge < -0.3 is 9.47 Å². The highest BCUT2D eigenvalue weighted by Gasteiger charge is 2.15. The van der Waals surface area contributed by atoms with Gasteiger partial charge in [-0.2, -0.15) is 5.10 Å². The molecule has 0 fully saturated rings. The molecule has 21 heavy (non-hydrogen) atoms. The summed E-state index contributed by atoms with van der Waals surface area (Å²) in [6, 6.07) is 7.11. The maximum Gasteiger partial charge on any atom is 0.243 e. The van der Waals surface area contributed by atoms with Gasteiger partial charge in [0.25, 0.3) is 0 Å². The van der Waals surface area contributed by atoms with Gasteiger partial charge in [0.2, 0.25) is 10.0 Å². The van der Waals surface area contributed by atoms with Crippen LogP contribution in [0, 0.1) is 0 Å². The third-order valence-corrected chi connectivity index (χ3v) is 4.11. The van der Waals surface area contributed by atoms with Crippen LogP contribution in [0.1, 0.15) is 0 Å². The number of aromatic nitrogens is 2. The molecule has 8 heteroatoms. The van der Waals surface area contributed by atoms with Gasteiger partial charge in [0, 0.05) is 25.9 Å². The van der Waals surface area contributed by atoms with Gasteiger partial charge in [0.05, 0.1) is 13.3 Å². The number of hydrogen-bond acceptors (Lipinski definition) is 5. The molecule has 0 atom stereocenters. The monoisotopic (exact) mass is 311 g/mol. The Balaban J connectivity index is 1.84. The minimum atomic E-state index is -3.54. The fraction of sp³-hybridized carbons (Fsp3) is 0.308. The van der Waals surface area contributed by atoms with Crippen LogP contribution in [-0.2, 0) is 17.1 Å². The summed E-state index contributed by atoms with van der Waals surface area (Å²) in [5.74, 6) is 1.30. The van der Waals surface area contributed by atoms with Crippen LogP contribution in [0.15, 0.2) is 41.6 Å². The predicted octanol–water partition coefficient (Wildman–Crippen LogP) is 0.786. The number of ether oxygens (including phenoxy) is 2. The molecule has 2 rings (SSSR count). The average Bonchev–Trinajstić information content (AvgIpc) is 2.91. The van der Waals surface area contributed by atoms with Crippen molar-refractivity contribution in [3.8, 4) is 11.5 Å². The van der Waals surface area contributed by atoms with Gasteiger partial charge in [0.15, 0.2) is 0 Å². The SMILES string of the molecule is COc1cccc(OCCNS(=O)(=O)c2cnn(C)c2)c1. The minimum absolute atomic E-state index is 0.131. The molecule has 0 unspecified atom stereocenters. The molecule has 0 aliphatic heterocycles.